The molecule has 1 heterocycles. The zero-order valence-corrected chi connectivity index (χ0v) is 23.3. The summed E-state index contributed by atoms with van der Waals surface area (Å²) in [6.45, 7) is 0.534. The van der Waals surface area contributed by atoms with Gasteiger partial charge in [-0.3, -0.25) is 14.4 Å². The predicted octanol–water partition coefficient (Wildman–Crippen LogP) is 2.08. The quantitative estimate of drug-likeness (QED) is 0.182. The number of nitrogens with one attached hydrogen (secondary N) is 1. The van der Waals surface area contributed by atoms with Gasteiger partial charge >= 0.3 is 0 Å². The van der Waals surface area contributed by atoms with E-state index in [1.165, 1.54) is 6.21 Å². The average Bonchev–Trinajstić information content (AvgIpc) is 3.46. The Morgan fingerprint density at radius 3 is 2.14 bits per heavy atom. The molecule has 6 N–H and O–H groups in total. The molecule has 4 atom stereocenters. The van der Waals surface area contributed by atoms with Gasteiger partial charge in [0, 0.05) is 19.4 Å². The highest BCUT2D eigenvalue weighted by Crippen LogP contribution is 2.19. The topological polar surface area (TPSA) is 160 Å². The molecule has 1 aliphatic heterocycles. The van der Waals surface area contributed by atoms with Crippen molar-refractivity contribution in [1.82, 2.24) is 10.2 Å². The van der Waals surface area contributed by atoms with Gasteiger partial charge in [-0.15, -0.1) is 0 Å². The van der Waals surface area contributed by atoms with Gasteiger partial charge in [-0.05, 0) is 48.1 Å². The predicted molar refractivity (Wildman–Crippen MR) is 159 cm³/mol. The molecular formula is C32H37N5O5. The highest BCUT2D eigenvalue weighted by molar-refractivity contribution is 5.89. The maximum atomic E-state index is 13.3. The summed E-state index contributed by atoms with van der Waals surface area (Å²) in [4.78, 5) is 46.0. The number of hydrogen-bond donors (Lipinski definition) is 4. The van der Waals surface area contributed by atoms with Crippen molar-refractivity contribution < 1.29 is 24.3 Å². The number of hydrogen-bond acceptors (Lipinski definition) is 7. The number of phenols is 1. The van der Waals surface area contributed by atoms with E-state index in [9.17, 15) is 19.5 Å². The first kappa shape index (κ1) is 30.3. The number of phenolic OH excluding ortho intramolecular Hbond substituents is 1. The minimum absolute atomic E-state index is 0.148. The van der Waals surface area contributed by atoms with Crippen LogP contribution in [0.1, 0.15) is 29.5 Å². The number of carbonyl (C=O) groups is 3. The lowest BCUT2D eigenvalue weighted by atomic mass is 10.0. The summed E-state index contributed by atoms with van der Waals surface area (Å²) in [7, 11) is 0. The van der Waals surface area contributed by atoms with E-state index in [4.69, 9.17) is 16.3 Å². The first-order valence-electron chi connectivity index (χ1n) is 14.0. The Bertz CT molecular complexity index is 1350. The van der Waals surface area contributed by atoms with Crippen LogP contribution in [-0.4, -0.2) is 64.7 Å². The maximum absolute atomic E-state index is 13.3. The van der Waals surface area contributed by atoms with E-state index in [-0.39, 0.29) is 30.5 Å². The third-order valence-corrected chi connectivity index (χ3v) is 7.21. The molecule has 0 unspecified atom stereocenters. The van der Waals surface area contributed by atoms with Gasteiger partial charge in [0.1, 0.15) is 11.8 Å². The molecule has 10 nitrogen and oxygen atoms in total. The summed E-state index contributed by atoms with van der Waals surface area (Å²) in [6.07, 6.45) is 2.74. The number of nitrogens with two attached hydrogens (primary N) is 2. The summed E-state index contributed by atoms with van der Waals surface area (Å²) in [5, 5.41) is 16.3. The fourth-order valence-corrected chi connectivity index (χ4v) is 4.93. The molecule has 0 radical (unpaired) electrons. The maximum Gasteiger partial charge on any atom is 0.264 e. The van der Waals surface area contributed by atoms with Gasteiger partial charge in [0.05, 0.1) is 18.3 Å². The number of nitrogens with zero attached hydrogens (tertiary/aromatic N) is 2. The molecular weight excluding hydrogens is 534 g/mol. The van der Waals surface area contributed by atoms with Crippen LogP contribution in [-0.2, 0) is 38.5 Å². The van der Waals surface area contributed by atoms with Crippen molar-refractivity contribution in [2.75, 3.05) is 6.54 Å². The number of likely N-dealkylation sites (tertiary alicyclic amines) is 1. The second-order valence-electron chi connectivity index (χ2n) is 10.4. The van der Waals surface area contributed by atoms with Crippen LogP contribution in [0.2, 0.25) is 0 Å². The largest absolute Gasteiger partial charge is 0.508 e. The average molecular weight is 572 g/mol. The van der Waals surface area contributed by atoms with Crippen molar-refractivity contribution in [1.29, 1.82) is 0 Å². The number of oxime groups is 1. The third-order valence-electron chi connectivity index (χ3n) is 7.21. The molecule has 0 saturated carbocycles. The molecule has 0 bridgehead atoms. The van der Waals surface area contributed by atoms with Gasteiger partial charge in [0.15, 0.2) is 0 Å². The normalized spacial score (nSPS) is 17.0. The van der Waals surface area contributed by atoms with E-state index in [1.807, 2.05) is 60.7 Å². The second-order valence-corrected chi connectivity index (χ2v) is 10.4. The Morgan fingerprint density at radius 2 is 1.52 bits per heavy atom. The van der Waals surface area contributed by atoms with E-state index in [0.717, 1.165) is 23.1 Å². The molecule has 0 aliphatic carbocycles. The number of carbonyl (C=O) groups excluding carboxylic acids is 3. The standard InChI is InChI=1S/C32H37N5O5/c33-27(18-24-13-15-26(38)16-14-24)32(41)37-17-7-12-25(37)21-35-42-29(20-23-10-5-2-6-11-23)31(40)36-28(30(34)39)19-22-8-3-1-4-9-22/h1-6,8-11,13-16,21,25,27-29,38H,7,12,17-20,33H2,(H2,34,39)(H,36,40)/b35-21+/t25-,27-,28-,29-/m0/s1. The Balaban J connectivity index is 1.41. The Kier molecular flexibility index (Phi) is 10.7. The Morgan fingerprint density at radius 1 is 0.929 bits per heavy atom. The molecule has 3 amide bonds. The molecule has 1 saturated heterocycles. The fraction of sp³-hybridized carbons (Fsp3) is 0.312. The van der Waals surface area contributed by atoms with Gasteiger partial charge in [-0.1, -0.05) is 78.0 Å². The van der Waals surface area contributed by atoms with Crippen LogP contribution < -0.4 is 16.8 Å². The SMILES string of the molecule is NC(=O)[C@H](Cc1ccccc1)NC(=O)[C@H](Cc1ccccc1)O/N=C/[C@@H]1CCCN1C(=O)[C@@H](N)Cc1ccc(O)cc1. The first-order chi connectivity index (χ1) is 20.3. The van der Waals surface area contributed by atoms with Crippen LogP contribution in [0.25, 0.3) is 0 Å². The van der Waals surface area contributed by atoms with E-state index >= 15 is 0 Å². The summed E-state index contributed by atoms with van der Waals surface area (Å²) < 4.78 is 0. The van der Waals surface area contributed by atoms with Crippen LogP contribution in [0.4, 0.5) is 0 Å². The van der Waals surface area contributed by atoms with Gasteiger partial charge in [-0.2, -0.15) is 0 Å². The van der Waals surface area contributed by atoms with Crippen LogP contribution in [0.15, 0.2) is 90.1 Å². The lowest BCUT2D eigenvalue weighted by molar-refractivity contribution is -0.136. The van der Waals surface area contributed by atoms with Crippen LogP contribution in [0.3, 0.4) is 0 Å². The van der Waals surface area contributed by atoms with Crippen molar-refractivity contribution in [3.63, 3.8) is 0 Å². The molecule has 1 aliphatic rings. The molecule has 3 aromatic carbocycles. The smallest absolute Gasteiger partial charge is 0.264 e. The summed E-state index contributed by atoms with van der Waals surface area (Å²) >= 11 is 0. The molecule has 0 aromatic heterocycles. The van der Waals surface area contributed by atoms with Crippen molar-refractivity contribution in [2.24, 2.45) is 16.6 Å². The highest BCUT2D eigenvalue weighted by Gasteiger charge is 2.31. The zero-order chi connectivity index (χ0) is 29.9. The highest BCUT2D eigenvalue weighted by atomic mass is 16.6. The van der Waals surface area contributed by atoms with E-state index in [1.54, 1.807) is 29.2 Å². The second kappa shape index (κ2) is 14.8. The number of amides is 3. The summed E-state index contributed by atoms with van der Waals surface area (Å²) in [5.41, 5.74) is 14.4. The van der Waals surface area contributed by atoms with Gasteiger partial charge in [0.2, 0.25) is 17.9 Å². The summed E-state index contributed by atoms with van der Waals surface area (Å²) in [6, 6.07) is 23.2. The van der Waals surface area contributed by atoms with E-state index < -0.39 is 30.0 Å². The number of primary amides is 1. The van der Waals surface area contributed by atoms with Crippen LogP contribution >= 0.6 is 0 Å². The molecule has 3 aromatic rings. The van der Waals surface area contributed by atoms with Crippen LogP contribution in [0, 0.1) is 0 Å². The van der Waals surface area contributed by atoms with E-state index in [0.29, 0.717) is 19.4 Å². The Hall–Kier alpha value is -4.70. The lowest BCUT2D eigenvalue weighted by Gasteiger charge is -2.25. The molecule has 42 heavy (non-hydrogen) atoms. The Labute approximate surface area is 245 Å². The molecule has 0 spiro atoms. The van der Waals surface area contributed by atoms with E-state index in [2.05, 4.69) is 10.5 Å². The molecule has 10 heteroatoms. The number of aromatic hydroxyl groups is 1. The molecule has 4 rings (SSSR count). The molecule has 220 valence electrons. The van der Waals surface area contributed by atoms with Crippen LogP contribution in [0.5, 0.6) is 5.75 Å². The van der Waals surface area contributed by atoms with Gasteiger partial charge < -0.3 is 31.6 Å². The number of rotatable bonds is 13. The minimum atomic E-state index is -1.04. The minimum Gasteiger partial charge on any atom is -0.508 e. The fourth-order valence-electron chi connectivity index (χ4n) is 4.93. The van der Waals surface area contributed by atoms with Crippen molar-refractivity contribution >= 4 is 23.9 Å². The summed E-state index contributed by atoms with van der Waals surface area (Å²) in [5.74, 6) is -1.24. The van der Waals surface area contributed by atoms with Crippen molar-refractivity contribution in [3.8, 4) is 5.75 Å². The monoisotopic (exact) mass is 571 g/mol. The van der Waals surface area contributed by atoms with Gasteiger partial charge in [0.25, 0.3) is 5.91 Å². The first-order valence-corrected chi connectivity index (χ1v) is 14.0. The molecule has 1 fully saturated rings. The lowest BCUT2D eigenvalue weighted by Crippen LogP contribution is -2.50. The van der Waals surface area contributed by atoms with Gasteiger partial charge in [-0.25, -0.2) is 0 Å². The third kappa shape index (κ3) is 8.65. The zero-order valence-electron chi connectivity index (χ0n) is 23.3. The van der Waals surface area contributed by atoms with Crippen molar-refractivity contribution in [3.05, 3.63) is 102 Å². The van der Waals surface area contributed by atoms with Crippen molar-refractivity contribution in [2.45, 2.75) is 56.3 Å². The number of benzene rings is 3.